The van der Waals surface area contributed by atoms with Crippen molar-refractivity contribution >= 4 is 17.7 Å². The van der Waals surface area contributed by atoms with E-state index in [4.69, 9.17) is 10.2 Å². The second-order valence-corrected chi connectivity index (χ2v) is 3.55. The maximum atomic E-state index is 12.1. The number of halogens is 2. The largest absolute Gasteiger partial charge is 0.480 e. The average Bonchev–Trinajstić information content (AvgIpc) is 2.37. The number of amides is 2. The molecule has 0 radical (unpaired) electrons. The molecule has 0 saturated heterocycles. The first-order valence-electron chi connectivity index (χ1n) is 5.39. The molecule has 0 spiro atoms. The molecule has 2 amide bonds. The predicted molar refractivity (Wildman–Crippen MR) is 63.7 cm³/mol. The number of alkyl halides is 2. The lowest BCUT2D eigenvalue weighted by Crippen LogP contribution is -2.45. The molecule has 4 N–H and O–H groups in total. The lowest BCUT2D eigenvalue weighted by Gasteiger charge is -2.14. The minimum absolute atomic E-state index is 0.0626. The molecular weight excluding hydrogens is 278 g/mol. The van der Waals surface area contributed by atoms with Crippen LogP contribution in [0.5, 0.6) is 5.75 Å². The molecule has 0 unspecified atom stereocenters. The van der Waals surface area contributed by atoms with Crippen molar-refractivity contribution < 1.29 is 33.3 Å². The Balaban J connectivity index is 2.73. The topological polar surface area (TPSA) is 108 Å². The number of anilines is 1. The summed E-state index contributed by atoms with van der Waals surface area (Å²) >= 11 is 0. The van der Waals surface area contributed by atoms with Crippen LogP contribution >= 0.6 is 0 Å². The number of rotatable bonds is 6. The summed E-state index contributed by atoms with van der Waals surface area (Å²) in [5, 5.41) is 21.5. The van der Waals surface area contributed by atoms with Crippen LogP contribution in [0, 0.1) is 0 Å². The van der Waals surface area contributed by atoms with Gasteiger partial charge in [0, 0.05) is 0 Å². The highest BCUT2D eigenvalue weighted by molar-refractivity contribution is 5.93. The SMILES string of the molecule is O=C(Nc1ccccc1OC(F)F)N[C@H](CO)C(=O)O. The molecule has 1 aromatic carbocycles. The third-order valence-electron chi connectivity index (χ3n) is 2.14. The van der Waals surface area contributed by atoms with Gasteiger partial charge in [0.25, 0.3) is 0 Å². The van der Waals surface area contributed by atoms with Crippen LogP contribution in [0.25, 0.3) is 0 Å². The van der Waals surface area contributed by atoms with Crippen molar-refractivity contribution in [3.05, 3.63) is 24.3 Å². The number of aliphatic hydroxyl groups excluding tert-OH is 1. The fourth-order valence-electron chi connectivity index (χ4n) is 1.27. The van der Waals surface area contributed by atoms with Gasteiger partial charge in [0.1, 0.15) is 5.75 Å². The van der Waals surface area contributed by atoms with Gasteiger partial charge in [-0.05, 0) is 12.1 Å². The second kappa shape index (κ2) is 7.24. The molecule has 0 bridgehead atoms. The summed E-state index contributed by atoms with van der Waals surface area (Å²) in [4.78, 5) is 22.1. The first kappa shape index (κ1) is 15.6. The Kier molecular flexibility index (Phi) is 5.66. The number of carbonyl (C=O) groups is 2. The van der Waals surface area contributed by atoms with E-state index in [1.165, 1.54) is 24.3 Å². The predicted octanol–water partition coefficient (Wildman–Crippen LogP) is 0.855. The van der Waals surface area contributed by atoms with Gasteiger partial charge < -0.3 is 25.6 Å². The molecule has 0 aliphatic rings. The van der Waals surface area contributed by atoms with E-state index in [-0.39, 0.29) is 11.4 Å². The number of ether oxygens (including phenoxy) is 1. The normalized spacial score (nSPS) is 11.8. The summed E-state index contributed by atoms with van der Waals surface area (Å²) < 4.78 is 28.5. The highest BCUT2D eigenvalue weighted by Crippen LogP contribution is 2.25. The summed E-state index contributed by atoms with van der Waals surface area (Å²) in [5.74, 6) is -1.70. The van der Waals surface area contributed by atoms with Gasteiger partial charge in [-0.2, -0.15) is 8.78 Å². The molecule has 0 heterocycles. The number of carboxylic acid groups (broad SMARTS) is 1. The maximum Gasteiger partial charge on any atom is 0.387 e. The van der Waals surface area contributed by atoms with E-state index in [0.29, 0.717) is 0 Å². The molecule has 0 aromatic heterocycles. The summed E-state index contributed by atoms with van der Waals surface area (Å²) in [5.41, 5.74) is -0.0626. The fraction of sp³-hybridized carbons (Fsp3) is 0.273. The van der Waals surface area contributed by atoms with Gasteiger partial charge in [-0.15, -0.1) is 0 Å². The number of carboxylic acids is 1. The van der Waals surface area contributed by atoms with E-state index in [1.54, 1.807) is 0 Å². The van der Waals surface area contributed by atoms with Gasteiger partial charge in [-0.25, -0.2) is 9.59 Å². The number of benzene rings is 1. The number of urea groups is 1. The average molecular weight is 290 g/mol. The first-order chi connectivity index (χ1) is 9.43. The van der Waals surface area contributed by atoms with Crippen molar-refractivity contribution in [1.82, 2.24) is 5.32 Å². The van der Waals surface area contributed by atoms with E-state index in [2.05, 4.69) is 10.1 Å². The Bertz CT molecular complexity index is 484. The zero-order valence-electron chi connectivity index (χ0n) is 10.0. The summed E-state index contributed by atoms with van der Waals surface area (Å²) in [6.07, 6.45) is 0. The Morgan fingerprint density at radius 2 is 1.95 bits per heavy atom. The second-order valence-electron chi connectivity index (χ2n) is 3.55. The van der Waals surface area contributed by atoms with Gasteiger partial charge in [0.15, 0.2) is 6.04 Å². The van der Waals surface area contributed by atoms with Crippen LogP contribution in [0.3, 0.4) is 0 Å². The molecule has 0 fully saturated rings. The first-order valence-corrected chi connectivity index (χ1v) is 5.39. The third-order valence-corrected chi connectivity index (χ3v) is 2.14. The number of hydrogen-bond donors (Lipinski definition) is 4. The summed E-state index contributed by atoms with van der Waals surface area (Å²) in [7, 11) is 0. The van der Waals surface area contributed by atoms with E-state index in [1.807, 2.05) is 5.32 Å². The van der Waals surface area contributed by atoms with Gasteiger partial charge >= 0.3 is 18.6 Å². The molecule has 0 aliphatic heterocycles. The Hall–Kier alpha value is -2.42. The van der Waals surface area contributed by atoms with Gasteiger partial charge in [-0.1, -0.05) is 12.1 Å². The molecule has 1 aromatic rings. The van der Waals surface area contributed by atoms with Crippen molar-refractivity contribution in [2.24, 2.45) is 0 Å². The van der Waals surface area contributed by atoms with Gasteiger partial charge in [-0.3, -0.25) is 0 Å². The maximum absolute atomic E-state index is 12.1. The molecule has 1 atom stereocenters. The fourth-order valence-corrected chi connectivity index (χ4v) is 1.27. The number of aliphatic hydroxyl groups is 1. The van der Waals surface area contributed by atoms with Crippen LogP contribution in [0.4, 0.5) is 19.3 Å². The van der Waals surface area contributed by atoms with Crippen LogP contribution in [0.1, 0.15) is 0 Å². The molecule has 7 nitrogen and oxygen atoms in total. The Labute approximate surface area is 112 Å². The molecule has 0 aliphatic carbocycles. The summed E-state index contributed by atoms with van der Waals surface area (Å²) in [6, 6.07) is 2.92. The quantitative estimate of drug-likeness (QED) is 0.621. The van der Waals surface area contributed by atoms with E-state index < -0.39 is 31.3 Å². The smallest absolute Gasteiger partial charge is 0.387 e. The molecule has 9 heteroatoms. The van der Waals surface area contributed by atoms with Gasteiger partial charge in [0.05, 0.1) is 12.3 Å². The Morgan fingerprint density at radius 1 is 1.30 bits per heavy atom. The standard InChI is InChI=1S/C11H12F2N2O5/c12-10(13)20-8-4-2-1-3-6(8)14-11(19)15-7(5-16)9(17)18/h1-4,7,10,16H,5H2,(H,17,18)(H2,14,15,19)/t7-/m1/s1. The van der Waals surface area contributed by atoms with E-state index in [9.17, 15) is 18.4 Å². The van der Waals surface area contributed by atoms with Crippen LogP contribution in [0.15, 0.2) is 24.3 Å². The monoisotopic (exact) mass is 290 g/mol. The zero-order chi connectivity index (χ0) is 15.1. The van der Waals surface area contributed by atoms with Gasteiger partial charge in [0.2, 0.25) is 0 Å². The van der Waals surface area contributed by atoms with Crippen molar-refractivity contribution in [1.29, 1.82) is 0 Å². The molecule has 1 rings (SSSR count). The Morgan fingerprint density at radius 3 is 2.50 bits per heavy atom. The van der Waals surface area contributed by atoms with Crippen molar-refractivity contribution in [2.45, 2.75) is 12.7 Å². The minimum atomic E-state index is -3.06. The lowest BCUT2D eigenvalue weighted by molar-refractivity contribution is -0.140. The van der Waals surface area contributed by atoms with Crippen LogP contribution in [-0.2, 0) is 4.79 Å². The highest BCUT2D eigenvalue weighted by atomic mass is 19.3. The molecule has 20 heavy (non-hydrogen) atoms. The van der Waals surface area contributed by atoms with Crippen LogP contribution in [0.2, 0.25) is 0 Å². The van der Waals surface area contributed by atoms with Crippen molar-refractivity contribution in [3.8, 4) is 5.75 Å². The number of aliphatic carboxylic acids is 1. The minimum Gasteiger partial charge on any atom is -0.480 e. The van der Waals surface area contributed by atoms with Crippen molar-refractivity contribution in [2.75, 3.05) is 11.9 Å². The zero-order valence-corrected chi connectivity index (χ0v) is 10.0. The van der Waals surface area contributed by atoms with E-state index >= 15 is 0 Å². The van der Waals surface area contributed by atoms with E-state index in [0.717, 1.165) is 0 Å². The van der Waals surface area contributed by atoms with Crippen molar-refractivity contribution in [3.63, 3.8) is 0 Å². The van der Waals surface area contributed by atoms with Crippen LogP contribution in [-0.4, -0.2) is 41.5 Å². The molecule has 0 saturated carbocycles. The number of para-hydroxylation sites is 2. The lowest BCUT2D eigenvalue weighted by atomic mass is 10.3. The van der Waals surface area contributed by atoms with Crippen LogP contribution < -0.4 is 15.4 Å². The number of carbonyl (C=O) groups excluding carboxylic acids is 1. The molecular formula is C11H12F2N2O5. The highest BCUT2D eigenvalue weighted by Gasteiger charge is 2.19. The third kappa shape index (κ3) is 4.69. The number of hydrogen-bond acceptors (Lipinski definition) is 4. The molecule has 110 valence electrons. The number of nitrogens with one attached hydrogen (secondary N) is 2. The summed E-state index contributed by atoms with van der Waals surface area (Å²) in [6.45, 7) is -3.87.